The van der Waals surface area contributed by atoms with Gasteiger partial charge in [0.25, 0.3) is 0 Å². The van der Waals surface area contributed by atoms with Crippen LogP contribution in [0.1, 0.15) is 86.0 Å². The molecule has 1 atom stereocenters. The van der Waals surface area contributed by atoms with Gasteiger partial charge in [0.1, 0.15) is 0 Å². The van der Waals surface area contributed by atoms with E-state index in [0.29, 0.717) is 5.41 Å². The molecule has 1 unspecified atom stereocenters. The van der Waals surface area contributed by atoms with Crippen LogP contribution in [0.5, 0.6) is 0 Å². The van der Waals surface area contributed by atoms with Crippen LogP contribution < -0.4 is 0 Å². The van der Waals surface area contributed by atoms with Crippen LogP contribution in [0, 0.1) is 11.3 Å². The molecule has 0 N–H and O–H groups in total. The highest BCUT2D eigenvalue weighted by molar-refractivity contribution is 6.71. The van der Waals surface area contributed by atoms with Crippen LogP contribution >= 0.6 is 0 Å². The maximum absolute atomic E-state index is 6.36. The monoisotopic (exact) mass is 328 g/mol. The summed E-state index contributed by atoms with van der Waals surface area (Å²) in [4.78, 5) is 0. The van der Waals surface area contributed by atoms with Gasteiger partial charge in [0.05, 0.1) is 0 Å². The molecule has 0 saturated heterocycles. The fraction of sp³-hybridized carbons (Fsp3) is 1.00. The van der Waals surface area contributed by atoms with Crippen molar-refractivity contribution in [1.82, 2.24) is 0 Å². The third-order valence-electron chi connectivity index (χ3n) is 6.76. The Labute approximate surface area is 140 Å². The van der Waals surface area contributed by atoms with E-state index in [9.17, 15) is 0 Å². The molecular formula is C19H40O2Si. The molecule has 22 heavy (non-hydrogen) atoms. The highest BCUT2D eigenvalue weighted by Gasteiger charge is 2.64. The van der Waals surface area contributed by atoms with E-state index < -0.39 is 8.56 Å². The SMILES string of the molecule is CCCCC1([Si](CC(CC)CC)(OC)OC)CCCC1(C)C. The summed E-state index contributed by atoms with van der Waals surface area (Å²) in [6.07, 6.45) is 10.3. The van der Waals surface area contributed by atoms with Crippen molar-refractivity contribution in [2.45, 2.75) is 97.1 Å². The van der Waals surface area contributed by atoms with Crippen molar-refractivity contribution in [2.24, 2.45) is 11.3 Å². The Morgan fingerprint density at radius 3 is 1.95 bits per heavy atom. The van der Waals surface area contributed by atoms with E-state index in [1.165, 1.54) is 57.4 Å². The van der Waals surface area contributed by atoms with Crippen LogP contribution in [0.2, 0.25) is 11.1 Å². The Kier molecular flexibility index (Phi) is 7.61. The summed E-state index contributed by atoms with van der Waals surface area (Å²) in [5.41, 5.74) is 0.340. The first-order valence-corrected chi connectivity index (χ1v) is 11.5. The minimum absolute atomic E-state index is 0.280. The van der Waals surface area contributed by atoms with Crippen molar-refractivity contribution in [2.75, 3.05) is 14.2 Å². The molecule has 2 nitrogen and oxygen atoms in total. The Bertz CT molecular complexity index is 321. The van der Waals surface area contributed by atoms with Crippen molar-refractivity contribution in [3.8, 4) is 0 Å². The molecule has 1 aliphatic carbocycles. The maximum atomic E-state index is 6.36. The highest BCUT2D eigenvalue weighted by atomic mass is 28.4. The van der Waals surface area contributed by atoms with E-state index in [-0.39, 0.29) is 5.04 Å². The van der Waals surface area contributed by atoms with Gasteiger partial charge in [-0.1, -0.05) is 66.7 Å². The third kappa shape index (κ3) is 3.46. The molecule has 0 spiro atoms. The molecule has 0 bridgehead atoms. The summed E-state index contributed by atoms with van der Waals surface area (Å²) in [6, 6.07) is 1.17. The molecule has 0 radical (unpaired) electrons. The van der Waals surface area contributed by atoms with E-state index >= 15 is 0 Å². The zero-order chi connectivity index (χ0) is 16.9. The quantitative estimate of drug-likeness (QED) is 0.438. The number of rotatable bonds is 10. The van der Waals surface area contributed by atoms with Crippen molar-refractivity contribution in [1.29, 1.82) is 0 Å². The van der Waals surface area contributed by atoms with Gasteiger partial charge < -0.3 is 8.85 Å². The Morgan fingerprint density at radius 2 is 1.59 bits per heavy atom. The molecule has 0 aromatic carbocycles. The first-order chi connectivity index (χ1) is 10.4. The van der Waals surface area contributed by atoms with Gasteiger partial charge in [0.2, 0.25) is 0 Å². The fourth-order valence-corrected chi connectivity index (χ4v) is 10.3. The second-order valence-electron chi connectivity index (χ2n) is 7.97. The van der Waals surface area contributed by atoms with Crippen LogP contribution in [0.4, 0.5) is 0 Å². The van der Waals surface area contributed by atoms with Gasteiger partial charge in [-0.2, -0.15) is 0 Å². The first-order valence-electron chi connectivity index (χ1n) is 9.49. The van der Waals surface area contributed by atoms with E-state index in [0.717, 1.165) is 5.92 Å². The lowest BCUT2D eigenvalue weighted by Gasteiger charge is -2.52. The Balaban J connectivity index is 3.25. The molecule has 0 aromatic heterocycles. The minimum Gasteiger partial charge on any atom is -0.397 e. The van der Waals surface area contributed by atoms with E-state index in [1.807, 2.05) is 14.2 Å². The number of unbranched alkanes of at least 4 members (excludes halogenated alkanes) is 1. The lowest BCUT2D eigenvalue weighted by atomic mass is 9.78. The van der Waals surface area contributed by atoms with Crippen LogP contribution in [-0.4, -0.2) is 22.8 Å². The van der Waals surface area contributed by atoms with E-state index in [2.05, 4.69) is 34.6 Å². The van der Waals surface area contributed by atoms with Gasteiger partial charge in [-0.05, 0) is 36.6 Å². The molecule has 0 aromatic rings. The van der Waals surface area contributed by atoms with Gasteiger partial charge in [0, 0.05) is 19.3 Å². The molecular weight excluding hydrogens is 288 g/mol. The maximum Gasteiger partial charge on any atom is 0.344 e. The molecule has 0 amide bonds. The van der Waals surface area contributed by atoms with Crippen LogP contribution in [0.3, 0.4) is 0 Å². The normalized spacial score (nSPS) is 25.1. The third-order valence-corrected chi connectivity index (χ3v) is 11.8. The van der Waals surface area contributed by atoms with Crippen LogP contribution in [0.15, 0.2) is 0 Å². The summed E-state index contributed by atoms with van der Waals surface area (Å²) in [7, 11) is 1.62. The van der Waals surface area contributed by atoms with Crippen LogP contribution in [0.25, 0.3) is 0 Å². The molecule has 1 fully saturated rings. The zero-order valence-electron chi connectivity index (χ0n) is 16.3. The molecule has 132 valence electrons. The second kappa shape index (κ2) is 8.30. The van der Waals surface area contributed by atoms with Crippen LogP contribution in [-0.2, 0) is 8.85 Å². The standard InChI is InChI=1S/C19H40O2Si/c1-8-11-14-19(15-12-13-18(19,4)5)22(20-6,21-7)16-17(9-2)10-3/h17H,8-16H2,1-7H3. The summed E-state index contributed by atoms with van der Waals surface area (Å²) in [5.74, 6) is 0.737. The fourth-order valence-electron chi connectivity index (χ4n) is 5.04. The van der Waals surface area contributed by atoms with Gasteiger partial charge in [-0.25, -0.2) is 0 Å². The lowest BCUT2D eigenvalue weighted by molar-refractivity contribution is 0.131. The smallest absolute Gasteiger partial charge is 0.344 e. The zero-order valence-corrected chi connectivity index (χ0v) is 17.3. The van der Waals surface area contributed by atoms with Gasteiger partial charge in [0.15, 0.2) is 0 Å². The molecule has 0 aliphatic heterocycles. The summed E-state index contributed by atoms with van der Waals surface area (Å²) in [5, 5.41) is 0.280. The average Bonchev–Trinajstić information content (AvgIpc) is 2.83. The predicted octanol–water partition coefficient (Wildman–Crippen LogP) is 6.30. The van der Waals surface area contributed by atoms with Crippen molar-refractivity contribution in [3.63, 3.8) is 0 Å². The highest BCUT2D eigenvalue weighted by Crippen LogP contribution is 2.67. The number of hydrogen-bond donors (Lipinski definition) is 0. The number of hydrogen-bond acceptors (Lipinski definition) is 2. The molecule has 3 heteroatoms. The molecule has 0 heterocycles. The molecule has 1 aliphatic rings. The van der Waals surface area contributed by atoms with E-state index in [1.54, 1.807) is 0 Å². The molecule has 1 rings (SSSR count). The van der Waals surface area contributed by atoms with Gasteiger partial charge in [-0.15, -0.1) is 0 Å². The minimum atomic E-state index is -2.24. The predicted molar refractivity (Wildman–Crippen MR) is 98.5 cm³/mol. The van der Waals surface area contributed by atoms with Crippen molar-refractivity contribution >= 4 is 8.56 Å². The topological polar surface area (TPSA) is 18.5 Å². The lowest BCUT2D eigenvalue weighted by Crippen LogP contribution is -2.57. The summed E-state index contributed by atoms with van der Waals surface area (Å²) < 4.78 is 12.7. The average molecular weight is 329 g/mol. The summed E-state index contributed by atoms with van der Waals surface area (Å²) >= 11 is 0. The van der Waals surface area contributed by atoms with Gasteiger partial charge in [-0.3, -0.25) is 0 Å². The van der Waals surface area contributed by atoms with Crippen molar-refractivity contribution < 1.29 is 8.85 Å². The van der Waals surface area contributed by atoms with E-state index in [4.69, 9.17) is 8.85 Å². The Hall–Kier alpha value is 0.137. The second-order valence-corrected chi connectivity index (χ2v) is 11.7. The Morgan fingerprint density at radius 1 is 1.00 bits per heavy atom. The van der Waals surface area contributed by atoms with Crippen molar-refractivity contribution in [3.05, 3.63) is 0 Å². The largest absolute Gasteiger partial charge is 0.397 e. The molecule has 1 saturated carbocycles. The van der Waals surface area contributed by atoms with Gasteiger partial charge >= 0.3 is 8.56 Å². The summed E-state index contributed by atoms with van der Waals surface area (Å²) in [6.45, 7) is 11.9. The first kappa shape index (κ1) is 20.2.